The molecule has 0 saturated carbocycles. The average Bonchev–Trinajstić information content (AvgIpc) is 2.52. The van der Waals surface area contributed by atoms with Crippen LogP contribution >= 0.6 is 24.0 Å². The van der Waals surface area contributed by atoms with E-state index in [0.717, 1.165) is 18.2 Å². The van der Waals surface area contributed by atoms with Gasteiger partial charge in [-0.3, -0.25) is 0 Å². The first kappa shape index (κ1) is 20.7. The van der Waals surface area contributed by atoms with Gasteiger partial charge in [0.25, 0.3) is 0 Å². The molecule has 26 heavy (non-hydrogen) atoms. The fraction of sp³-hybridized carbons (Fsp3) is 0.312. The Morgan fingerprint density at radius 2 is 1.81 bits per heavy atom. The van der Waals surface area contributed by atoms with Gasteiger partial charge < -0.3 is 10.6 Å². The van der Waals surface area contributed by atoms with Crippen molar-refractivity contribution >= 4 is 29.8 Å². The number of rotatable bonds is 3. The number of hydrogen-bond acceptors (Lipinski definition) is 3. The molecule has 10 heteroatoms. The standard InChI is InChI=1S/C16H13ClF5N3.ClH/c17-9-4-12(18)10(13(19)5-9)6-24-15-11(16(20,21)22)3-8-1-2-23-7-14(8)25-15;/h3-5,23H,1-2,6-7H2,(H,24,25);1H. The van der Waals surface area contributed by atoms with Gasteiger partial charge in [0, 0.05) is 23.7 Å². The van der Waals surface area contributed by atoms with Crippen LogP contribution in [0.1, 0.15) is 22.4 Å². The third-order valence-corrected chi connectivity index (χ3v) is 4.12. The molecule has 2 N–H and O–H groups in total. The quantitative estimate of drug-likeness (QED) is 0.715. The van der Waals surface area contributed by atoms with Crippen molar-refractivity contribution in [3.8, 4) is 0 Å². The van der Waals surface area contributed by atoms with Crippen LogP contribution in [0.3, 0.4) is 0 Å². The Kier molecular flexibility index (Phi) is 6.31. The summed E-state index contributed by atoms with van der Waals surface area (Å²) in [7, 11) is 0. The van der Waals surface area contributed by atoms with Crippen LogP contribution in [-0.4, -0.2) is 11.5 Å². The van der Waals surface area contributed by atoms with Gasteiger partial charge in [0.05, 0.1) is 11.3 Å². The smallest absolute Gasteiger partial charge is 0.365 e. The van der Waals surface area contributed by atoms with Gasteiger partial charge in [0.2, 0.25) is 0 Å². The maximum absolute atomic E-state index is 13.8. The number of nitrogens with zero attached hydrogens (tertiary/aromatic N) is 1. The van der Waals surface area contributed by atoms with E-state index in [1.165, 1.54) is 0 Å². The number of hydrogen-bond donors (Lipinski definition) is 2. The van der Waals surface area contributed by atoms with E-state index in [1.54, 1.807) is 0 Å². The Morgan fingerprint density at radius 3 is 2.42 bits per heavy atom. The highest BCUT2D eigenvalue weighted by molar-refractivity contribution is 6.30. The molecule has 1 aliphatic heterocycles. The highest BCUT2D eigenvalue weighted by Crippen LogP contribution is 2.36. The van der Waals surface area contributed by atoms with E-state index in [-0.39, 0.29) is 17.4 Å². The molecule has 0 spiro atoms. The predicted molar refractivity (Wildman–Crippen MR) is 90.6 cm³/mol. The Bertz CT molecular complexity index is 788. The molecule has 0 radical (unpaired) electrons. The van der Waals surface area contributed by atoms with E-state index in [4.69, 9.17) is 11.6 Å². The summed E-state index contributed by atoms with van der Waals surface area (Å²) in [5.41, 5.74) is -0.364. The highest BCUT2D eigenvalue weighted by atomic mass is 35.5. The van der Waals surface area contributed by atoms with Gasteiger partial charge in [-0.2, -0.15) is 13.2 Å². The molecule has 1 aliphatic rings. The lowest BCUT2D eigenvalue weighted by Crippen LogP contribution is -2.26. The Morgan fingerprint density at radius 1 is 1.15 bits per heavy atom. The number of benzene rings is 1. The van der Waals surface area contributed by atoms with Crippen molar-refractivity contribution in [2.24, 2.45) is 0 Å². The first-order valence-electron chi connectivity index (χ1n) is 7.43. The fourth-order valence-electron chi connectivity index (χ4n) is 2.66. The molecule has 1 aromatic carbocycles. The van der Waals surface area contributed by atoms with Crippen LogP contribution < -0.4 is 10.6 Å². The van der Waals surface area contributed by atoms with Crippen LogP contribution in [0.2, 0.25) is 5.02 Å². The number of fused-ring (bicyclic) bond motifs is 1. The van der Waals surface area contributed by atoms with Gasteiger partial charge in [0.15, 0.2) is 0 Å². The van der Waals surface area contributed by atoms with Crippen LogP contribution in [0.5, 0.6) is 0 Å². The van der Waals surface area contributed by atoms with Crippen molar-refractivity contribution in [3.63, 3.8) is 0 Å². The van der Waals surface area contributed by atoms with E-state index in [0.29, 0.717) is 30.8 Å². The van der Waals surface area contributed by atoms with E-state index >= 15 is 0 Å². The Hall–Kier alpha value is -1.64. The summed E-state index contributed by atoms with van der Waals surface area (Å²) in [6, 6.07) is 2.84. The van der Waals surface area contributed by atoms with Crippen LogP contribution in [-0.2, 0) is 25.7 Å². The van der Waals surface area contributed by atoms with E-state index in [9.17, 15) is 22.0 Å². The normalized spacial score (nSPS) is 13.8. The number of anilines is 1. The molecule has 0 amide bonds. The lowest BCUT2D eigenvalue weighted by molar-refractivity contribution is -0.137. The van der Waals surface area contributed by atoms with Gasteiger partial charge in [-0.05, 0) is 36.7 Å². The predicted octanol–water partition coefficient (Wildman–Crippen LogP) is 4.71. The number of halogens is 7. The third-order valence-electron chi connectivity index (χ3n) is 3.90. The van der Waals surface area contributed by atoms with Crippen LogP contribution in [0.25, 0.3) is 0 Å². The van der Waals surface area contributed by atoms with E-state index in [2.05, 4.69) is 15.6 Å². The number of pyridine rings is 1. The Balaban J connectivity index is 0.00000243. The van der Waals surface area contributed by atoms with Gasteiger partial charge >= 0.3 is 6.18 Å². The zero-order valence-corrected chi connectivity index (χ0v) is 14.8. The lowest BCUT2D eigenvalue weighted by Gasteiger charge is -2.21. The molecule has 0 fully saturated rings. The minimum absolute atomic E-state index is 0. The maximum atomic E-state index is 13.8. The summed E-state index contributed by atoms with van der Waals surface area (Å²) in [6.45, 7) is 0.420. The second kappa shape index (κ2) is 7.94. The molecule has 0 aliphatic carbocycles. The summed E-state index contributed by atoms with van der Waals surface area (Å²) in [5, 5.41) is 5.29. The van der Waals surface area contributed by atoms with Crippen molar-refractivity contribution in [3.05, 3.63) is 57.2 Å². The number of aromatic nitrogens is 1. The maximum Gasteiger partial charge on any atom is 0.419 e. The zero-order valence-electron chi connectivity index (χ0n) is 13.2. The molecule has 1 aromatic heterocycles. The molecular weight excluding hydrogens is 400 g/mol. The van der Waals surface area contributed by atoms with Gasteiger partial charge in [-0.25, -0.2) is 13.8 Å². The molecule has 2 aromatic rings. The monoisotopic (exact) mass is 413 g/mol. The molecule has 0 bridgehead atoms. The molecule has 3 nitrogen and oxygen atoms in total. The molecule has 0 atom stereocenters. The number of nitrogens with one attached hydrogen (secondary N) is 2. The van der Waals surface area contributed by atoms with Crippen molar-refractivity contribution in [2.75, 3.05) is 11.9 Å². The van der Waals surface area contributed by atoms with Crippen molar-refractivity contribution in [1.29, 1.82) is 0 Å². The third kappa shape index (κ3) is 4.36. The SMILES string of the molecule is Cl.Fc1cc(Cl)cc(F)c1CNc1nc2c(cc1C(F)(F)F)CCNC2. The first-order valence-corrected chi connectivity index (χ1v) is 7.81. The zero-order chi connectivity index (χ0) is 18.2. The molecule has 3 rings (SSSR count). The summed E-state index contributed by atoms with van der Waals surface area (Å²) in [6.07, 6.45) is -4.20. The molecule has 2 heterocycles. The van der Waals surface area contributed by atoms with Crippen molar-refractivity contribution in [2.45, 2.75) is 25.7 Å². The summed E-state index contributed by atoms with van der Waals surface area (Å²) in [5.74, 6) is -2.33. The second-order valence-corrected chi connectivity index (χ2v) is 6.05. The van der Waals surface area contributed by atoms with E-state index in [1.807, 2.05) is 0 Å². The van der Waals surface area contributed by atoms with Crippen LogP contribution in [0.4, 0.5) is 27.8 Å². The van der Waals surface area contributed by atoms with E-state index < -0.39 is 41.3 Å². The fourth-order valence-corrected chi connectivity index (χ4v) is 2.85. The highest BCUT2D eigenvalue weighted by Gasteiger charge is 2.35. The van der Waals surface area contributed by atoms with Gasteiger partial charge in [-0.15, -0.1) is 12.4 Å². The average molecular weight is 414 g/mol. The summed E-state index contributed by atoms with van der Waals surface area (Å²) >= 11 is 5.54. The van der Waals surface area contributed by atoms with Gasteiger partial charge in [0.1, 0.15) is 17.5 Å². The van der Waals surface area contributed by atoms with Crippen molar-refractivity contribution < 1.29 is 22.0 Å². The second-order valence-electron chi connectivity index (χ2n) is 5.62. The minimum atomic E-state index is -4.63. The first-order chi connectivity index (χ1) is 11.8. The topological polar surface area (TPSA) is 37.0 Å². The van der Waals surface area contributed by atoms with Crippen LogP contribution in [0.15, 0.2) is 18.2 Å². The largest absolute Gasteiger partial charge is 0.419 e. The summed E-state index contributed by atoms with van der Waals surface area (Å²) in [4.78, 5) is 4.01. The van der Waals surface area contributed by atoms with Crippen LogP contribution in [0, 0.1) is 11.6 Å². The van der Waals surface area contributed by atoms with Crippen molar-refractivity contribution in [1.82, 2.24) is 10.3 Å². The summed E-state index contributed by atoms with van der Waals surface area (Å²) < 4.78 is 67.5. The lowest BCUT2D eigenvalue weighted by atomic mass is 10.0. The molecular formula is C16H14Cl2F5N3. The Labute approximate surface area is 157 Å². The van der Waals surface area contributed by atoms with Gasteiger partial charge in [-0.1, -0.05) is 11.6 Å². The molecule has 0 unspecified atom stereocenters. The molecule has 142 valence electrons. The molecule has 0 saturated heterocycles. The minimum Gasteiger partial charge on any atom is -0.365 e. The number of alkyl halides is 3.